The van der Waals surface area contributed by atoms with Crippen LogP contribution in [-0.2, 0) is 54.1 Å². The number of nitrogens with zero attached hydrogens (tertiary/aromatic N) is 2. The molecule has 1 aromatic carbocycles. The Hall–Kier alpha value is -4.38. The quantitative estimate of drug-likeness (QED) is 0.149. The molecule has 4 unspecified atom stereocenters. The number of hydrogen-bond donors (Lipinski definition) is 4. The minimum atomic E-state index is -1.62. The Balaban J connectivity index is 2.18. The number of esters is 4. The Bertz CT molecular complexity index is 1440. The Labute approximate surface area is 271 Å². The van der Waals surface area contributed by atoms with Crippen LogP contribution < -0.4 is 22.9 Å². The molecule has 256 valence electrons. The molecule has 3 rings (SSSR count). The van der Waals surface area contributed by atoms with E-state index in [-0.39, 0.29) is 42.9 Å². The third kappa shape index (κ3) is 10.3. The van der Waals surface area contributed by atoms with E-state index in [1.54, 1.807) is 0 Å². The number of hydrogen-bond acceptors (Lipinski definition) is 15. The summed E-state index contributed by atoms with van der Waals surface area (Å²) in [4.78, 5) is 85.0. The van der Waals surface area contributed by atoms with Crippen molar-refractivity contribution in [1.29, 1.82) is 0 Å². The van der Waals surface area contributed by atoms with Crippen molar-refractivity contribution >= 4 is 52.7 Å². The normalized spacial score (nSPS) is 18.3. The van der Waals surface area contributed by atoms with Crippen LogP contribution in [0.2, 0.25) is 0 Å². The van der Waals surface area contributed by atoms with Gasteiger partial charge < -0.3 is 41.9 Å². The molecular formula is C31H42N6O10. The molecule has 2 aliphatic heterocycles. The number of nitrogens with two attached hydrogens (primary N) is 4. The number of aryl methyl sites for hydroxylation is 3. The van der Waals surface area contributed by atoms with Gasteiger partial charge in [-0.3, -0.25) is 28.8 Å². The number of fused-ring (bicyclic) bond motifs is 2. The van der Waals surface area contributed by atoms with Crippen molar-refractivity contribution in [2.45, 2.75) is 70.7 Å². The maximum absolute atomic E-state index is 13.5. The van der Waals surface area contributed by atoms with E-state index < -0.39 is 86.8 Å². The maximum atomic E-state index is 13.5. The van der Waals surface area contributed by atoms with Crippen molar-refractivity contribution in [2.24, 2.45) is 38.8 Å². The maximum Gasteiger partial charge on any atom is 0.320 e. The van der Waals surface area contributed by atoms with Gasteiger partial charge in [-0.1, -0.05) is 6.07 Å². The van der Waals surface area contributed by atoms with Crippen molar-refractivity contribution < 1.29 is 47.7 Å². The number of Topliss-reactive ketones (excluding diaryl/α,β-unsaturated/α-hetero) is 1. The SMILES string of the molecule is Cc1cc2c(cc1C)N=C1C(=O)CCCC(=O)N=C1C(CC(OC(=O)CN)C(OC(=O)CN)C(COC(=O)CN)OC(=O)CN)CC2. The standard InChI is InChI=1S/C31H42N6O10/c1-16-8-18-6-7-19(29-30(36-20(18)9-17(16)2)21(38)4-3-5-24(39)37-29)10-22(45-26(41)12-33)31(47-28(43)14-35)23(46-27(42)13-34)15-44-25(40)11-32/h8-9,19,22-23,31H,3-7,10-15,32-35H2,1-2H3. The molecule has 8 N–H and O–H groups in total. The van der Waals surface area contributed by atoms with Crippen molar-refractivity contribution in [3.63, 3.8) is 0 Å². The average molecular weight is 659 g/mol. The average Bonchev–Trinajstić information content (AvgIpc) is 3.04. The van der Waals surface area contributed by atoms with E-state index in [9.17, 15) is 28.8 Å². The van der Waals surface area contributed by atoms with E-state index in [1.807, 2.05) is 26.0 Å². The third-order valence-electron chi connectivity index (χ3n) is 7.78. The van der Waals surface area contributed by atoms with E-state index in [1.165, 1.54) is 0 Å². The van der Waals surface area contributed by atoms with Gasteiger partial charge in [-0.25, -0.2) is 9.98 Å². The molecule has 16 heteroatoms. The monoisotopic (exact) mass is 658 g/mol. The molecule has 1 amide bonds. The minimum Gasteiger partial charge on any atom is -0.461 e. The largest absolute Gasteiger partial charge is 0.461 e. The van der Waals surface area contributed by atoms with Gasteiger partial charge in [-0.15, -0.1) is 0 Å². The van der Waals surface area contributed by atoms with Gasteiger partial charge in [0.15, 0.2) is 18.0 Å². The molecule has 47 heavy (non-hydrogen) atoms. The van der Waals surface area contributed by atoms with E-state index in [2.05, 4.69) is 4.99 Å². The van der Waals surface area contributed by atoms with Crippen LogP contribution in [0.4, 0.5) is 5.69 Å². The molecule has 0 bridgehead atoms. The van der Waals surface area contributed by atoms with E-state index in [0.717, 1.165) is 16.7 Å². The number of ether oxygens (including phenoxy) is 4. The van der Waals surface area contributed by atoms with Gasteiger partial charge in [0.2, 0.25) is 5.91 Å². The second-order valence-electron chi connectivity index (χ2n) is 11.2. The first-order valence-corrected chi connectivity index (χ1v) is 15.3. The lowest BCUT2D eigenvalue weighted by atomic mass is 9.82. The molecule has 0 saturated heterocycles. The number of rotatable bonds is 13. The smallest absolute Gasteiger partial charge is 0.320 e. The summed E-state index contributed by atoms with van der Waals surface area (Å²) in [5, 5.41) is 0. The molecule has 16 nitrogen and oxygen atoms in total. The number of carbonyl (C=O) groups is 6. The van der Waals surface area contributed by atoms with E-state index in [0.29, 0.717) is 18.5 Å². The Morgan fingerprint density at radius 3 is 2.02 bits per heavy atom. The number of carbonyl (C=O) groups excluding carboxylic acids is 6. The summed E-state index contributed by atoms with van der Waals surface area (Å²) >= 11 is 0. The molecule has 0 spiro atoms. The fraction of sp³-hybridized carbons (Fsp3) is 0.548. The Kier molecular flexibility index (Phi) is 13.8. The first-order valence-electron chi connectivity index (χ1n) is 15.3. The summed E-state index contributed by atoms with van der Waals surface area (Å²) < 4.78 is 21.7. The summed E-state index contributed by atoms with van der Waals surface area (Å²) in [7, 11) is 0. The summed E-state index contributed by atoms with van der Waals surface area (Å²) in [6, 6.07) is 3.84. The summed E-state index contributed by atoms with van der Waals surface area (Å²) in [6.45, 7) is 0.918. The van der Waals surface area contributed by atoms with Gasteiger partial charge in [0, 0.05) is 18.8 Å². The molecule has 4 atom stereocenters. The number of ketones is 1. The van der Waals surface area contributed by atoms with Crippen molar-refractivity contribution in [1.82, 2.24) is 0 Å². The van der Waals surface area contributed by atoms with Crippen molar-refractivity contribution in [2.75, 3.05) is 32.8 Å². The lowest BCUT2D eigenvalue weighted by Gasteiger charge is -2.34. The van der Waals surface area contributed by atoms with Crippen LogP contribution in [0.1, 0.15) is 48.8 Å². The highest BCUT2D eigenvalue weighted by atomic mass is 16.6. The summed E-state index contributed by atoms with van der Waals surface area (Å²) in [6.07, 6.45) is -3.73. The molecule has 0 radical (unpaired) electrons. The number of aliphatic imine (C=N–C) groups is 2. The second-order valence-corrected chi connectivity index (χ2v) is 11.2. The summed E-state index contributed by atoms with van der Waals surface area (Å²) in [5.74, 6) is -5.29. The van der Waals surface area contributed by atoms with Gasteiger partial charge >= 0.3 is 23.9 Å². The highest BCUT2D eigenvalue weighted by molar-refractivity contribution is 6.68. The lowest BCUT2D eigenvalue weighted by molar-refractivity contribution is -0.191. The fourth-order valence-corrected chi connectivity index (χ4v) is 5.27. The third-order valence-corrected chi connectivity index (χ3v) is 7.78. The molecule has 0 aromatic heterocycles. The Morgan fingerprint density at radius 1 is 0.787 bits per heavy atom. The van der Waals surface area contributed by atoms with E-state index >= 15 is 0 Å². The topological polar surface area (TPSA) is 268 Å². The Morgan fingerprint density at radius 2 is 1.38 bits per heavy atom. The van der Waals surface area contributed by atoms with E-state index in [4.69, 9.17) is 46.9 Å². The first-order chi connectivity index (χ1) is 22.4. The predicted molar refractivity (Wildman–Crippen MR) is 168 cm³/mol. The molecule has 2 heterocycles. The van der Waals surface area contributed by atoms with Crippen LogP contribution >= 0.6 is 0 Å². The zero-order chi connectivity index (χ0) is 34.7. The summed E-state index contributed by atoms with van der Waals surface area (Å²) in [5.41, 5.74) is 25.4. The van der Waals surface area contributed by atoms with Gasteiger partial charge in [-0.2, -0.15) is 0 Å². The fourth-order valence-electron chi connectivity index (χ4n) is 5.27. The zero-order valence-corrected chi connectivity index (χ0v) is 26.5. The van der Waals surface area contributed by atoms with Gasteiger partial charge in [0.25, 0.3) is 0 Å². The van der Waals surface area contributed by atoms with Crippen molar-refractivity contribution in [3.8, 4) is 0 Å². The highest BCUT2D eigenvalue weighted by Gasteiger charge is 2.42. The molecular weight excluding hydrogens is 616 g/mol. The highest BCUT2D eigenvalue weighted by Crippen LogP contribution is 2.33. The molecule has 0 aliphatic carbocycles. The predicted octanol–water partition coefficient (Wildman–Crippen LogP) is -0.838. The second kappa shape index (κ2) is 17.5. The first kappa shape index (κ1) is 37.1. The van der Waals surface area contributed by atoms with Gasteiger partial charge in [0.05, 0.1) is 37.6 Å². The molecule has 2 aliphatic rings. The van der Waals surface area contributed by atoms with Crippen LogP contribution in [0.5, 0.6) is 0 Å². The molecule has 1 aromatic rings. The van der Waals surface area contributed by atoms with Gasteiger partial charge in [0.1, 0.15) is 18.4 Å². The number of amides is 1. The van der Waals surface area contributed by atoms with Crippen LogP contribution in [0.25, 0.3) is 0 Å². The van der Waals surface area contributed by atoms with Crippen LogP contribution in [0.3, 0.4) is 0 Å². The van der Waals surface area contributed by atoms with Crippen molar-refractivity contribution in [3.05, 3.63) is 28.8 Å². The number of benzene rings is 1. The lowest BCUT2D eigenvalue weighted by Crippen LogP contribution is -2.51. The molecule has 0 fully saturated rings. The van der Waals surface area contributed by atoms with Crippen LogP contribution in [0.15, 0.2) is 22.1 Å². The van der Waals surface area contributed by atoms with Crippen LogP contribution in [0, 0.1) is 19.8 Å². The minimum absolute atomic E-state index is 0.00496. The van der Waals surface area contributed by atoms with Crippen LogP contribution in [-0.4, -0.2) is 98.1 Å². The zero-order valence-electron chi connectivity index (χ0n) is 26.5. The van der Waals surface area contributed by atoms with Gasteiger partial charge in [-0.05, 0) is 62.3 Å². The molecule has 0 saturated carbocycles.